The van der Waals surface area contributed by atoms with Gasteiger partial charge in [-0.15, -0.1) is 0 Å². The van der Waals surface area contributed by atoms with Crippen LogP contribution in [-0.2, 0) is 0 Å². The summed E-state index contributed by atoms with van der Waals surface area (Å²) in [5.41, 5.74) is 2.71. The zero-order chi connectivity index (χ0) is 18.4. The molecule has 5 nitrogen and oxygen atoms in total. The van der Waals surface area contributed by atoms with Crippen LogP contribution in [0.4, 0.5) is 5.13 Å². The Labute approximate surface area is 165 Å². The molecule has 0 spiro atoms. The molecule has 1 aliphatic heterocycles. The maximum atomic E-state index is 13.0. The van der Waals surface area contributed by atoms with Crippen molar-refractivity contribution >= 4 is 55.1 Å². The number of thiazole rings is 1. The summed E-state index contributed by atoms with van der Waals surface area (Å²) >= 11 is 7.73. The zero-order valence-electron chi connectivity index (χ0n) is 14.5. The van der Waals surface area contributed by atoms with Gasteiger partial charge in [0.1, 0.15) is 0 Å². The van der Waals surface area contributed by atoms with Crippen LogP contribution in [0, 0.1) is 0 Å². The van der Waals surface area contributed by atoms with E-state index in [1.165, 1.54) is 0 Å². The first kappa shape index (κ1) is 16.6. The highest BCUT2D eigenvalue weighted by Crippen LogP contribution is 2.31. The third-order valence-electron chi connectivity index (χ3n) is 5.00. The molecule has 27 heavy (non-hydrogen) atoms. The molecule has 0 radical (unpaired) electrons. The van der Waals surface area contributed by atoms with E-state index in [0.717, 1.165) is 49.9 Å². The van der Waals surface area contributed by atoms with E-state index in [-0.39, 0.29) is 5.91 Å². The molecule has 1 aliphatic rings. The van der Waals surface area contributed by atoms with Crippen LogP contribution in [0.25, 0.3) is 21.1 Å². The molecule has 2 aromatic carbocycles. The Morgan fingerprint density at radius 1 is 1.11 bits per heavy atom. The molecule has 3 heterocycles. The second kappa shape index (κ2) is 6.55. The maximum absolute atomic E-state index is 13.0. The number of fused-ring (bicyclic) bond motifs is 2. The second-order valence-electron chi connectivity index (χ2n) is 6.64. The topological polar surface area (TPSA) is 52.2 Å². The van der Waals surface area contributed by atoms with Gasteiger partial charge in [0, 0.05) is 48.3 Å². The molecule has 0 atom stereocenters. The lowest BCUT2D eigenvalue weighted by atomic mass is 10.1. The molecule has 2 aromatic heterocycles. The summed E-state index contributed by atoms with van der Waals surface area (Å²) in [5.74, 6) is 0.0863. The van der Waals surface area contributed by atoms with Crippen LogP contribution in [0.5, 0.6) is 0 Å². The highest BCUT2D eigenvalue weighted by atomic mass is 35.5. The van der Waals surface area contributed by atoms with Crippen LogP contribution >= 0.6 is 22.9 Å². The summed E-state index contributed by atoms with van der Waals surface area (Å²) in [5, 5.41) is 2.70. The molecule has 5 rings (SSSR count). The first-order chi connectivity index (χ1) is 13.2. The third kappa shape index (κ3) is 2.95. The smallest absolute Gasteiger partial charge is 0.256 e. The normalized spacial score (nSPS) is 15.0. The largest absolute Gasteiger partial charge is 0.360 e. The number of halogens is 1. The minimum absolute atomic E-state index is 0.0863. The standard InChI is InChI=1S/C20H17ClN4OS/c21-13-5-6-17-18(11-13)27-20(23-17)25-9-7-24(8-10-25)19(26)15-12-22-16-4-2-1-3-14(15)16/h1-6,11-12,22H,7-10H2. The number of piperazine rings is 1. The van der Waals surface area contributed by atoms with Crippen molar-refractivity contribution in [1.29, 1.82) is 0 Å². The number of para-hydroxylation sites is 1. The maximum Gasteiger partial charge on any atom is 0.256 e. The van der Waals surface area contributed by atoms with Crippen molar-refractivity contribution in [2.45, 2.75) is 0 Å². The van der Waals surface area contributed by atoms with Gasteiger partial charge in [0.25, 0.3) is 5.91 Å². The Balaban J connectivity index is 1.32. The van der Waals surface area contributed by atoms with Crippen LogP contribution in [0.15, 0.2) is 48.7 Å². The number of nitrogens with zero attached hydrogens (tertiary/aromatic N) is 3. The van der Waals surface area contributed by atoms with E-state index in [2.05, 4.69) is 9.88 Å². The minimum Gasteiger partial charge on any atom is -0.360 e. The lowest BCUT2D eigenvalue weighted by Crippen LogP contribution is -2.48. The summed E-state index contributed by atoms with van der Waals surface area (Å²) in [4.78, 5) is 25.0. The number of rotatable bonds is 2. The number of carbonyl (C=O) groups is 1. The fourth-order valence-corrected chi connectivity index (χ4v) is 4.83. The van der Waals surface area contributed by atoms with Gasteiger partial charge in [-0.05, 0) is 24.3 Å². The molecule has 1 fully saturated rings. The van der Waals surface area contributed by atoms with Crippen LogP contribution in [0.2, 0.25) is 5.02 Å². The highest BCUT2D eigenvalue weighted by Gasteiger charge is 2.25. The first-order valence-corrected chi connectivity index (χ1v) is 10.0. The molecular formula is C20H17ClN4OS. The predicted octanol–water partition coefficient (Wildman–Crippen LogP) is 4.39. The number of aromatic nitrogens is 2. The molecule has 1 amide bonds. The summed E-state index contributed by atoms with van der Waals surface area (Å²) in [6, 6.07) is 13.7. The van der Waals surface area contributed by atoms with Crippen LogP contribution < -0.4 is 4.90 Å². The highest BCUT2D eigenvalue weighted by molar-refractivity contribution is 7.22. The van der Waals surface area contributed by atoms with Crippen molar-refractivity contribution < 1.29 is 4.79 Å². The van der Waals surface area contributed by atoms with Crippen LogP contribution in [0.1, 0.15) is 10.4 Å². The van der Waals surface area contributed by atoms with Gasteiger partial charge < -0.3 is 14.8 Å². The molecule has 0 unspecified atom stereocenters. The number of benzene rings is 2. The lowest BCUT2D eigenvalue weighted by Gasteiger charge is -2.34. The second-order valence-corrected chi connectivity index (χ2v) is 8.08. The van der Waals surface area contributed by atoms with E-state index < -0.39 is 0 Å². The van der Waals surface area contributed by atoms with Crippen LogP contribution in [0.3, 0.4) is 0 Å². The summed E-state index contributed by atoms with van der Waals surface area (Å²) in [6.45, 7) is 2.94. The van der Waals surface area contributed by atoms with Gasteiger partial charge in [-0.2, -0.15) is 0 Å². The average Bonchev–Trinajstić information content (AvgIpc) is 3.31. The molecule has 4 aromatic rings. The Hall–Kier alpha value is -2.57. The van der Waals surface area contributed by atoms with E-state index in [1.54, 1.807) is 11.3 Å². The lowest BCUT2D eigenvalue weighted by molar-refractivity contribution is 0.0749. The number of carbonyl (C=O) groups excluding carboxylic acids is 1. The fourth-order valence-electron chi connectivity index (χ4n) is 3.54. The predicted molar refractivity (Wildman–Crippen MR) is 111 cm³/mol. The Morgan fingerprint density at radius 3 is 2.78 bits per heavy atom. The number of hydrogen-bond acceptors (Lipinski definition) is 4. The van der Waals surface area contributed by atoms with E-state index in [0.29, 0.717) is 13.1 Å². The average molecular weight is 397 g/mol. The van der Waals surface area contributed by atoms with Gasteiger partial charge in [0.2, 0.25) is 0 Å². The zero-order valence-corrected chi connectivity index (χ0v) is 16.1. The van der Waals surface area contributed by atoms with Gasteiger partial charge >= 0.3 is 0 Å². The number of amides is 1. The molecule has 1 N–H and O–H groups in total. The van der Waals surface area contributed by atoms with E-state index in [4.69, 9.17) is 16.6 Å². The third-order valence-corrected chi connectivity index (χ3v) is 6.31. The molecule has 0 aliphatic carbocycles. The molecule has 0 saturated carbocycles. The van der Waals surface area contributed by atoms with Gasteiger partial charge in [-0.1, -0.05) is 41.1 Å². The molecule has 136 valence electrons. The van der Waals surface area contributed by atoms with Crippen molar-refractivity contribution in [3.05, 3.63) is 59.2 Å². The van der Waals surface area contributed by atoms with Crippen LogP contribution in [-0.4, -0.2) is 47.0 Å². The minimum atomic E-state index is 0.0863. The van der Waals surface area contributed by atoms with Crippen molar-refractivity contribution in [3.63, 3.8) is 0 Å². The molecule has 7 heteroatoms. The quantitative estimate of drug-likeness (QED) is 0.546. The fraction of sp³-hybridized carbons (Fsp3) is 0.200. The Morgan fingerprint density at radius 2 is 1.93 bits per heavy atom. The summed E-state index contributed by atoms with van der Waals surface area (Å²) in [7, 11) is 0. The number of hydrogen-bond donors (Lipinski definition) is 1. The molecule has 0 bridgehead atoms. The Bertz CT molecular complexity index is 1140. The van der Waals surface area contributed by atoms with E-state index in [9.17, 15) is 4.79 Å². The summed E-state index contributed by atoms with van der Waals surface area (Å²) < 4.78 is 1.09. The van der Waals surface area contributed by atoms with Gasteiger partial charge in [0.15, 0.2) is 5.13 Å². The Kier molecular flexibility index (Phi) is 4.02. The molecular weight excluding hydrogens is 380 g/mol. The number of nitrogens with one attached hydrogen (secondary N) is 1. The van der Waals surface area contributed by atoms with Crippen molar-refractivity contribution in [2.75, 3.05) is 31.1 Å². The van der Waals surface area contributed by atoms with Crippen molar-refractivity contribution in [1.82, 2.24) is 14.9 Å². The monoisotopic (exact) mass is 396 g/mol. The van der Waals surface area contributed by atoms with Gasteiger partial charge in [0.05, 0.1) is 15.8 Å². The van der Waals surface area contributed by atoms with Gasteiger partial charge in [-0.25, -0.2) is 4.98 Å². The SMILES string of the molecule is O=C(c1c[nH]c2ccccc12)N1CCN(c2nc3ccc(Cl)cc3s2)CC1. The van der Waals surface area contributed by atoms with Gasteiger partial charge in [-0.3, -0.25) is 4.79 Å². The number of aromatic amines is 1. The number of anilines is 1. The first-order valence-electron chi connectivity index (χ1n) is 8.85. The van der Waals surface area contributed by atoms with E-state index in [1.807, 2.05) is 53.6 Å². The number of H-pyrrole nitrogens is 1. The van der Waals surface area contributed by atoms with E-state index >= 15 is 0 Å². The molecule has 1 saturated heterocycles. The van der Waals surface area contributed by atoms with Crippen molar-refractivity contribution in [3.8, 4) is 0 Å². The van der Waals surface area contributed by atoms with Crippen molar-refractivity contribution in [2.24, 2.45) is 0 Å². The summed E-state index contributed by atoms with van der Waals surface area (Å²) in [6.07, 6.45) is 1.82.